The van der Waals surface area contributed by atoms with Crippen molar-refractivity contribution in [2.24, 2.45) is 0 Å². The van der Waals surface area contributed by atoms with E-state index in [-0.39, 0.29) is 27.8 Å². The van der Waals surface area contributed by atoms with Crippen molar-refractivity contribution < 1.29 is 24.5 Å². The summed E-state index contributed by atoms with van der Waals surface area (Å²) < 4.78 is 0. The number of carbonyl (C=O) groups is 2. The molecular weight excluding hydrogens is 155 g/mol. The number of hydrogen-bond acceptors (Lipinski definition) is 4. The van der Waals surface area contributed by atoms with E-state index in [2.05, 4.69) is 0 Å². The first-order chi connectivity index (χ1) is 3.46. The second kappa shape index (κ2) is 15.9. The molecule has 0 aromatic rings. The molecule has 0 saturated heterocycles. The monoisotopic (exact) mass is 162 g/mol. The molecule has 0 amide bonds. The Morgan fingerprint density at radius 3 is 1.00 bits per heavy atom. The second-order valence-corrected chi connectivity index (χ2v) is 0.983. The van der Waals surface area contributed by atoms with Crippen LogP contribution in [0.3, 0.4) is 0 Å². The summed E-state index contributed by atoms with van der Waals surface area (Å²) in [6.07, 6.45) is 0. The molecule has 0 spiro atoms. The molecule has 0 aliphatic heterocycles. The molecule has 0 unspecified atom stereocenters. The predicted molar refractivity (Wildman–Crippen MR) is 29.6 cm³/mol. The largest absolute Gasteiger partial charge is 2.00 e. The van der Waals surface area contributed by atoms with E-state index in [9.17, 15) is 0 Å². The molecule has 56 valence electrons. The van der Waals surface area contributed by atoms with Crippen molar-refractivity contribution in [3.05, 3.63) is 0 Å². The van der Waals surface area contributed by atoms with Gasteiger partial charge in [-0.25, -0.2) is 0 Å². The van der Waals surface area contributed by atoms with Crippen molar-refractivity contribution in [1.82, 2.24) is 0 Å². The zero-order valence-electron chi connectivity index (χ0n) is 5.75. The quantitative estimate of drug-likeness (QED) is 0.363. The summed E-state index contributed by atoms with van der Waals surface area (Å²) in [6.45, 7) is 1.94. The number of halogens is 1. The van der Waals surface area contributed by atoms with Gasteiger partial charge in [-0.3, -0.25) is 4.70 Å². The Balaban J connectivity index is -0.0000000300. The normalized spacial score (nSPS) is 5.00. The number of aliphatic carboxylic acids is 2. The number of carboxylic acid groups (broad SMARTS) is 2. The van der Waals surface area contributed by atoms with Crippen LogP contribution in [0.2, 0.25) is 0 Å². The van der Waals surface area contributed by atoms with Crippen molar-refractivity contribution in [3.63, 3.8) is 0 Å². The molecule has 0 rings (SSSR count). The van der Waals surface area contributed by atoms with Gasteiger partial charge in [0.2, 0.25) is 0 Å². The van der Waals surface area contributed by atoms with E-state index in [1.165, 1.54) is 0 Å². The topological polar surface area (TPSA) is 80.3 Å². The summed E-state index contributed by atoms with van der Waals surface area (Å²) >= 11 is 0. The van der Waals surface area contributed by atoms with Crippen LogP contribution in [0.4, 0.5) is 4.70 Å². The Bertz CT molecular complexity index is 75.3. The van der Waals surface area contributed by atoms with Crippen LogP contribution in [0.15, 0.2) is 0 Å². The van der Waals surface area contributed by atoms with Crippen LogP contribution in [0.5, 0.6) is 0 Å². The standard InChI is InChI=1S/2C2H4O2.FH.Mg/c2*1-2(3)4;;/h2*1H3,(H,3,4);1H;/q;;;+2/p-2. The maximum absolute atomic E-state index is 8.89. The summed E-state index contributed by atoms with van der Waals surface area (Å²) in [5.41, 5.74) is 0. The van der Waals surface area contributed by atoms with Crippen LogP contribution in [0, 0.1) is 0 Å². The molecule has 0 saturated carbocycles. The minimum Gasteiger partial charge on any atom is -0.550 e. The van der Waals surface area contributed by atoms with E-state index >= 15 is 0 Å². The van der Waals surface area contributed by atoms with Crippen LogP contribution in [0.1, 0.15) is 13.8 Å². The van der Waals surface area contributed by atoms with Crippen LogP contribution in [-0.2, 0) is 9.59 Å². The minimum absolute atomic E-state index is 0. The average molecular weight is 162 g/mol. The summed E-state index contributed by atoms with van der Waals surface area (Å²) in [4.78, 5) is 17.8. The van der Waals surface area contributed by atoms with Crippen LogP contribution >= 0.6 is 0 Å². The fourth-order valence-corrected chi connectivity index (χ4v) is 0. The molecule has 0 atom stereocenters. The number of carboxylic acids is 2. The van der Waals surface area contributed by atoms with Gasteiger partial charge in [-0.1, -0.05) is 0 Å². The molecule has 10 heavy (non-hydrogen) atoms. The maximum Gasteiger partial charge on any atom is 2.00 e. The molecule has 0 N–H and O–H groups in total. The van der Waals surface area contributed by atoms with Crippen LogP contribution in [0.25, 0.3) is 0 Å². The van der Waals surface area contributed by atoms with Crippen LogP contribution in [-0.4, -0.2) is 35.0 Å². The summed E-state index contributed by atoms with van der Waals surface area (Å²) in [7, 11) is 0. The average Bonchev–Trinajstić information content (AvgIpc) is 1.25. The maximum atomic E-state index is 8.89. The van der Waals surface area contributed by atoms with Gasteiger partial charge >= 0.3 is 23.1 Å². The van der Waals surface area contributed by atoms with Gasteiger partial charge in [0.15, 0.2) is 0 Å². The molecule has 0 aromatic heterocycles. The second-order valence-electron chi connectivity index (χ2n) is 0.983. The Hall–Kier alpha value is -0.364. The molecule has 4 nitrogen and oxygen atoms in total. The van der Waals surface area contributed by atoms with Crippen molar-refractivity contribution in [2.75, 3.05) is 0 Å². The van der Waals surface area contributed by atoms with Crippen molar-refractivity contribution >= 4 is 35.0 Å². The van der Waals surface area contributed by atoms with Gasteiger partial charge in [0, 0.05) is 11.9 Å². The van der Waals surface area contributed by atoms with Crippen molar-refractivity contribution in [1.29, 1.82) is 0 Å². The first-order valence-electron chi connectivity index (χ1n) is 1.82. The Kier molecular flexibility index (Phi) is 35.9. The summed E-state index contributed by atoms with van der Waals surface area (Å²) in [6, 6.07) is 0. The molecule has 0 radical (unpaired) electrons. The summed E-state index contributed by atoms with van der Waals surface area (Å²) in [5, 5.41) is 17.8. The van der Waals surface area contributed by atoms with Crippen molar-refractivity contribution in [3.8, 4) is 0 Å². The van der Waals surface area contributed by atoms with Gasteiger partial charge in [-0.2, -0.15) is 0 Å². The molecule has 0 bridgehead atoms. The first-order valence-corrected chi connectivity index (χ1v) is 1.82. The smallest absolute Gasteiger partial charge is 0.550 e. The zero-order valence-corrected chi connectivity index (χ0v) is 7.16. The minimum atomic E-state index is -1.08. The fraction of sp³-hybridized carbons (Fsp3) is 0.500. The third-order valence-electron chi connectivity index (χ3n) is 0. The van der Waals surface area contributed by atoms with E-state index in [0.29, 0.717) is 0 Å². The molecule has 0 heterocycles. The molecule has 0 aromatic carbocycles. The Morgan fingerprint density at radius 2 is 1.00 bits per heavy atom. The molecular formula is C4H7FMgO4. The van der Waals surface area contributed by atoms with Crippen molar-refractivity contribution in [2.45, 2.75) is 13.8 Å². The van der Waals surface area contributed by atoms with E-state index in [1.807, 2.05) is 0 Å². The number of carbonyl (C=O) groups excluding carboxylic acids is 2. The van der Waals surface area contributed by atoms with E-state index in [4.69, 9.17) is 19.8 Å². The third kappa shape index (κ3) is 2540. The predicted octanol–water partition coefficient (Wildman–Crippen LogP) is -2.72. The van der Waals surface area contributed by atoms with Gasteiger partial charge in [0.25, 0.3) is 0 Å². The Labute approximate surface area is 73.7 Å². The SMILES string of the molecule is CC(=O)[O-].CC(=O)[O-].F.[Mg+2]. The zero-order chi connectivity index (χ0) is 7.15. The van der Waals surface area contributed by atoms with Gasteiger partial charge in [0.05, 0.1) is 0 Å². The number of rotatable bonds is 0. The Morgan fingerprint density at radius 1 is 1.00 bits per heavy atom. The number of hydrogen-bond donors (Lipinski definition) is 0. The molecule has 0 aliphatic rings. The first kappa shape index (κ1) is 22.6. The fourth-order valence-electron chi connectivity index (χ4n) is 0. The van der Waals surface area contributed by atoms with E-state index in [0.717, 1.165) is 13.8 Å². The summed E-state index contributed by atoms with van der Waals surface area (Å²) in [5.74, 6) is -2.17. The van der Waals surface area contributed by atoms with Gasteiger partial charge < -0.3 is 19.8 Å². The third-order valence-corrected chi connectivity index (χ3v) is 0. The van der Waals surface area contributed by atoms with Gasteiger partial charge in [0.1, 0.15) is 0 Å². The van der Waals surface area contributed by atoms with E-state index < -0.39 is 11.9 Å². The van der Waals surface area contributed by atoms with Gasteiger partial charge in [-0.15, -0.1) is 0 Å². The van der Waals surface area contributed by atoms with Gasteiger partial charge in [-0.05, 0) is 13.8 Å². The van der Waals surface area contributed by atoms with E-state index in [1.54, 1.807) is 0 Å². The molecule has 0 fully saturated rings. The molecule has 0 aliphatic carbocycles. The molecule has 6 heteroatoms. The van der Waals surface area contributed by atoms with Crippen LogP contribution < -0.4 is 10.2 Å².